The van der Waals surface area contributed by atoms with Crippen LogP contribution in [0.15, 0.2) is 30.3 Å². The van der Waals surface area contributed by atoms with Crippen LogP contribution in [0.4, 0.5) is 4.39 Å². The molecule has 3 heteroatoms. The molecule has 0 radical (unpaired) electrons. The molecule has 0 N–H and O–H groups in total. The number of ether oxygens (including phenoxy) is 1. The molecule has 3 rings (SSSR count). The Morgan fingerprint density at radius 2 is 1.80 bits per heavy atom. The number of benzene rings is 2. The molecular weight excluding hydrogens is 275 g/mol. The summed E-state index contributed by atoms with van der Waals surface area (Å²) < 4.78 is 19.2. The van der Waals surface area contributed by atoms with Gasteiger partial charge in [0.15, 0.2) is 0 Å². The predicted octanol–water partition coefficient (Wildman–Crippen LogP) is 4.71. The van der Waals surface area contributed by atoms with Crippen molar-refractivity contribution in [3.63, 3.8) is 0 Å². The van der Waals surface area contributed by atoms with Crippen LogP contribution in [0.3, 0.4) is 0 Å². The lowest BCUT2D eigenvalue weighted by Crippen LogP contribution is -1.98. The van der Waals surface area contributed by atoms with E-state index in [-0.39, 0.29) is 11.2 Å². The Morgan fingerprint density at radius 1 is 1.10 bits per heavy atom. The molecule has 0 bridgehead atoms. The zero-order chi connectivity index (χ0) is 14.3. The Hall–Kier alpha value is -1.54. The highest BCUT2D eigenvalue weighted by atomic mass is 35.5. The minimum atomic E-state index is -0.265. The van der Waals surface area contributed by atoms with Crippen LogP contribution in [0.2, 0.25) is 0 Å². The molecule has 1 unspecified atom stereocenters. The van der Waals surface area contributed by atoms with Gasteiger partial charge in [-0.3, -0.25) is 0 Å². The highest BCUT2D eigenvalue weighted by molar-refractivity contribution is 6.22. The lowest BCUT2D eigenvalue weighted by Gasteiger charge is -2.14. The molecule has 0 spiro atoms. The molecule has 0 saturated carbocycles. The Kier molecular flexibility index (Phi) is 3.43. The van der Waals surface area contributed by atoms with E-state index in [1.54, 1.807) is 13.8 Å². The number of fused-ring (bicyclic) bond motifs is 1. The summed E-state index contributed by atoms with van der Waals surface area (Å²) in [6, 6.07) is 9.69. The van der Waals surface area contributed by atoms with Gasteiger partial charge in [0, 0.05) is 6.42 Å². The summed E-state index contributed by atoms with van der Waals surface area (Å²) in [5.41, 5.74) is 4.43. The van der Waals surface area contributed by atoms with E-state index >= 15 is 0 Å². The molecule has 20 heavy (non-hydrogen) atoms. The highest BCUT2D eigenvalue weighted by Crippen LogP contribution is 2.35. The van der Waals surface area contributed by atoms with E-state index in [0.29, 0.717) is 11.1 Å². The Labute approximate surface area is 123 Å². The van der Waals surface area contributed by atoms with Crippen LogP contribution < -0.4 is 4.74 Å². The third-order valence-corrected chi connectivity index (χ3v) is 4.26. The van der Waals surface area contributed by atoms with Crippen LogP contribution in [0.25, 0.3) is 0 Å². The fourth-order valence-electron chi connectivity index (χ4n) is 2.68. The van der Waals surface area contributed by atoms with Crippen LogP contribution >= 0.6 is 11.6 Å². The Morgan fingerprint density at radius 3 is 2.50 bits per heavy atom. The first-order valence-electron chi connectivity index (χ1n) is 6.72. The second kappa shape index (κ2) is 5.10. The largest absolute Gasteiger partial charge is 0.493 e. The molecule has 1 aliphatic heterocycles. The number of aryl methyl sites for hydroxylation is 2. The standard InChI is InChI=1S/C17H16ClFO/c1-10-7-14(8-11(2)17(10)19)16(18)13-3-4-15-12(9-13)5-6-20-15/h3-4,7-9,16H,5-6H2,1-2H3. The van der Waals surface area contributed by atoms with Gasteiger partial charge < -0.3 is 4.74 Å². The Balaban J connectivity index is 1.98. The predicted molar refractivity (Wildman–Crippen MR) is 79.2 cm³/mol. The van der Waals surface area contributed by atoms with E-state index in [1.807, 2.05) is 24.3 Å². The van der Waals surface area contributed by atoms with Crippen molar-refractivity contribution in [2.24, 2.45) is 0 Å². The molecule has 2 aromatic rings. The first-order chi connectivity index (χ1) is 9.56. The van der Waals surface area contributed by atoms with Gasteiger partial charge in [-0.25, -0.2) is 4.39 Å². The van der Waals surface area contributed by atoms with E-state index in [4.69, 9.17) is 16.3 Å². The SMILES string of the molecule is Cc1cc(C(Cl)c2ccc3c(c2)CCO3)cc(C)c1F. The third-order valence-electron chi connectivity index (χ3n) is 3.76. The van der Waals surface area contributed by atoms with Crippen molar-refractivity contribution >= 4 is 11.6 Å². The third kappa shape index (κ3) is 2.29. The Bertz CT molecular complexity index is 643. The number of halogens is 2. The van der Waals surface area contributed by atoms with Gasteiger partial charge in [0.1, 0.15) is 11.6 Å². The van der Waals surface area contributed by atoms with E-state index in [2.05, 4.69) is 6.07 Å². The van der Waals surface area contributed by atoms with E-state index in [1.165, 1.54) is 5.56 Å². The van der Waals surface area contributed by atoms with Crippen molar-refractivity contribution in [2.75, 3.05) is 6.61 Å². The maximum atomic E-state index is 13.7. The summed E-state index contributed by atoms with van der Waals surface area (Å²) >= 11 is 6.57. The summed E-state index contributed by atoms with van der Waals surface area (Å²) in [5.74, 6) is 0.795. The fraction of sp³-hybridized carbons (Fsp3) is 0.294. The van der Waals surface area contributed by atoms with Gasteiger partial charge in [-0.15, -0.1) is 11.6 Å². The van der Waals surface area contributed by atoms with Crippen molar-refractivity contribution in [3.05, 3.63) is 64.0 Å². The monoisotopic (exact) mass is 290 g/mol. The number of alkyl halides is 1. The molecule has 0 amide bonds. The van der Waals surface area contributed by atoms with Crippen LogP contribution in [-0.4, -0.2) is 6.61 Å². The number of hydrogen-bond acceptors (Lipinski definition) is 1. The average Bonchev–Trinajstić information content (AvgIpc) is 2.90. The lowest BCUT2D eigenvalue weighted by atomic mass is 9.98. The second-order valence-electron chi connectivity index (χ2n) is 5.30. The van der Waals surface area contributed by atoms with E-state index in [9.17, 15) is 4.39 Å². The van der Waals surface area contributed by atoms with Crippen molar-refractivity contribution < 1.29 is 9.13 Å². The lowest BCUT2D eigenvalue weighted by molar-refractivity contribution is 0.357. The van der Waals surface area contributed by atoms with Gasteiger partial charge in [0.2, 0.25) is 0 Å². The summed E-state index contributed by atoms with van der Waals surface area (Å²) in [5, 5.41) is -0.265. The zero-order valence-electron chi connectivity index (χ0n) is 11.5. The molecule has 0 fully saturated rings. The van der Waals surface area contributed by atoms with Crippen molar-refractivity contribution in [2.45, 2.75) is 25.6 Å². The van der Waals surface area contributed by atoms with Crippen LogP contribution in [0, 0.1) is 19.7 Å². The molecule has 0 aromatic heterocycles. The van der Waals surface area contributed by atoms with Crippen molar-refractivity contribution in [3.8, 4) is 5.75 Å². The summed E-state index contributed by atoms with van der Waals surface area (Å²) in [6.45, 7) is 4.28. The summed E-state index contributed by atoms with van der Waals surface area (Å²) in [4.78, 5) is 0. The molecular formula is C17H16ClFO. The van der Waals surface area contributed by atoms with Gasteiger partial charge in [0.05, 0.1) is 12.0 Å². The van der Waals surface area contributed by atoms with Gasteiger partial charge in [0.25, 0.3) is 0 Å². The van der Waals surface area contributed by atoms with E-state index in [0.717, 1.165) is 29.9 Å². The molecule has 1 nitrogen and oxygen atoms in total. The van der Waals surface area contributed by atoms with E-state index < -0.39 is 0 Å². The molecule has 1 atom stereocenters. The molecule has 0 aliphatic carbocycles. The molecule has 2 aromatic carbocycles. The number of hydrogen-bond donors (Lipinski definition) is 0. The van der Waals surface area contributed by atoms with Gasteiger partial charge in [-0.2, -0.15) is 0 Å². The zero-order valence-corrected chi connectivity index (χ0v) is 12.3. The van der Waals surface area contributed by atoms with Crippen LogP contribution in [0.1, 0.15) is 33.2 Å². The average molecular weight is 291 g/mol. The van der Waals surface area contributed by atoms with Crippen LogP contribution in [0.5, 0.6) is 5.75 Å². The first kappa shape index (κ1) is 13.4. The van der Waals surface area contributed by atoms with Gasteiger partial charge >= 0.3 is 0 Å². The van der Waals surface area contributed by atoms with Crippen LogP contribution in [-0.2, 0) is 6.42 Å². The fourth-order valence-corrected chi connectivity index (χ4v) is 2.94. The normalized spacial score (nSPS) is 14.8. The first-order valence-corrected chi connectivity index (χ1v) is 7.16. The highest BCUT2D eigenvalue weighted by Gasteiger charge is 2.18. The summed E-state index contributed by atoms with van der Waals surface area (Å²) in [7, 11) is 0. The maximum Gasteiger partial charge on any atom is 0.129 e. The second-order valence-corrected chi connectivity index (χ2v) is 5.73. The van der Waals surface area contributed by atoms with Gasteiger partial charge in [-0.05, 0) is 47.7 Å². The maximum absolute atomic E-state index is 13.7. The van der Waals surface area contributed by atoms with Crippen molar-refractivity contribution in [1.29, 1.82) is 0 Å². The molecule has 1 aliphatic rings. The quantitative estimate of drug-likeness (QED) is 0.728. The molecule has 0 saturated heterocycles. The smallest absolute Gasteiger partial charge is 0.129 e. The molecule has 104 valence electrons. The topological polar surface area (TPSA) is 9.23 Å². The minimum Gasteiger partial charge on any atom is -0.493 e. The summed E-state index contributed by atoms with van der Waals surface area (Å²) in [6.07, 6.45) is 0.925. The van der Waals surface area contributed by atoms with Gasteiger partial charge in [-0.1, -0.05) is 24.3 Å². The number of rotatable bonds is 2. The molecule has 1 heterocycles. The minimum absolute atomic E-state index is 0.153. The van der Waals surface area contributed by atoms with Crippen molar-refractivity contribution in [1.82, 2.24) is 0 Å².